The molecule has 1 aliphatic carbocycles. The van der Waals surface area contributed by atoms with Crippen LogP contribution < -0.4 is 0 Å². The topological polar surface area (TPSA) is 74.2 Å². The summed E-state index contributed by atoms with van der Waals surface area (Å²) in [5.41, 5.74) is 0. The van der Waals surface area contributed by atoms with Gasteiger partial charge in [0.2, 0.25) is 0 Å². The molecule has 0 spiro atoms. The Morgan fingerprint density at radius 2 is 2.04 bits per heavy atom. The molecule has 0 aromatic carbocycles. The van der Waals surface area contributed by atoms with Crippen LogP contribution >= 0.6 is 0 Å². The second kappa shape index (κ2) is 10.9. The van der Waals surface area contributed by atoms with E-state index < -0.39 is 0 Å². The Balaban J connectivity index is 1.82. The lowest BCUT2D eigenvalue weighted by Gasteiger charge is -2.28. The van der Waals surface area contributed by atoms with Crippen molar-refractivity contribution in [3.05, 3.63) is 12.2 Å². The van der Waals surface area contributed by atoms with Crippen LogP contribution in [0.4, 0.5) is 0 Å². The van der Waals surface area contributed by atoms with E-state index in [2.05, 4.69) is 22.6 Å². The van der Waals surface area contributed by atoms with Gasteiger partial charge < -0.3 is 4.74 Å². The van der Waals surface area contributed by atoms with Crippen LogP contribution in [0.1, 0.15) is 64.7 Å². The highest BCUT2D eigenvalue weighted by molar-refractivity contribution is 5.68. The highest BCUT2D eigenvalue weighted by Crippen LogP contribution is 2.45. The average molecular weight is 356 g/mol. The van der Waals surface area contributed by atoms with Crippen molar-refractivity contribution in [3.63, 3.8) is 0 Å². The number of fused-ring (bicyclic) bond motifs is 2. The third-order valence-corrected chi connectivity index (χ3v) is 5.34. The summed E-state index contributed by atoms with van der Waals surface area (Å²) >= 11 is 0. The van der Waals surface area contributed by atoms with Crippen LogP contribution in [0.5, 0.6) is 0 Å². The standard InChI is InChI=1S/C19H32O6/c1-3-4-5-8-14(23-21)11-12-16-15(17-13-18(16)25-24-17)9-6-7-10-19(20)22-2/h11-12,14-18,21H,3-10,13H2,1-2H3/b12-11+/t14-,15-,16-,17+,18-/m1/s1. The molecule has 2 fully saturated rings. The molecule has 2 rings (SSSR count). The van der Waals surface area contributed by atoms with E-state index in [4.69, 9.17) is 15.0 Å². The number of unbranched alkanes of at least 4 members (excludes halogenated alkanes) is 3. The maximum atomic E-state index is 11.2. The van der Waals surface area contributed by atoms with Gasteiger partial charge in [0, 0.05) is 18.8 Å². The molecule has 1 saturated carbocycles. The van der Waals surface area contributed by atoms with E-state index in [9.17, 15) is 4.79 Å². The first kappa shape index (κ1) is 20.4. The Kier molecular flexibility index (Phi) is 8.89. The van der Waals surface area contributed by atoms with E-state index in [-0.39, 0.29) is 30.2 Å². The van der Waals surface area contributed by atoms with Gasteiger partial charge in [0.15, 0.2) is 0 Å². The van der Waals surface area contributed by atoms with Crippen LogP contribution in [0.25, 0.3) is 0 Å². The molecule has 0 amide bonds. The fourth-order valence-corrected chi connectivity index (χ4v) is 3.87. The predicted molar refractivity (Wildman–Crippen MR) is 92.6 cm³/mol. The molecule has 0 aromatic heterocycles. The summed E-state index contributed by atoms with van der Waals surface area (Å²) in [4.78, 5) is 26.6. The van der Waals surface area contributed by atoms with E-state index in [0.717, 1.165) is 51.4 Å². The van der Waals surface area contributed by atoms with Crippen molar-refractivity contribution in [2.45, 2.75) is 83.0 Å². The molecule has 6 heteroatoms. The SMILES string of the molecule is CCCCC[C@H](/C=C/[C@@H]1[C@@H](CCCCC(=O)OC)[C@@H]2C[C@H]1OO2)OO. The second-order valence-electron chi connectivity index (χ2n) is 7.09. The van der Waals surface area contributed by atoms with E-state index >= 15 is 0 Å². The molecular weight excluding hydrogens is 324 g/mol. The van der Waals surface area contributed by atoms with E-state index in [0.29, 0.717) is 12.3 Å². The minimum Gasteiger partial charge on any atom is -0.469 e. The molecule has 1 aliphatic heterocycles. The van der Waals surface area contributed by atoms with Crippen LogP contribution in [0.2, 0.25) is 0 Å². The molecule has 1 N–H and O–H groups in total. The predicted octanol–water partition coefficient (Wildman–Crippen LogP) is 4.05. The Bertz CT molecular complexity index is 424. The maximum Gasteiger partial charge on any atom is 0.305 e. The monoisotopic (exact) mass is 356 g/mol. The maximum absolute atomic E-state index is 11.2. The third-order valence-electron chi connectivity index (χ3n) is 5.34. The van der Waals surface area contributed by atoms with Gasteiger partial charge in [-0.2, -0.15) is 0 Å². The van der Waals surface area contributed by atoms with Gasteiger partial charge in [0.1, 0.15) is 12.2 Å². The number of hydrogen-bond donors (Lipinski definition) is 1. The zero-order valence-corrected chi connectivity index (χ0v) is 15.4. The van der Waals surface area contributed by atoms with Crippen LogP contribution in [0, 0.1) is 11.8 Å². The van der Waals surface area contributed by atoms with Crippen molar-refractivity contribution in [1.82, 2.24) is 0 Å². The van der Waals surface area contributed by atoms with Gasteiger partial charge in [-0.3, -0.25) is 10.1 Å². The number of hydrogen-bond acceptors (Lipinski definition) is 6. The first-order chi connectivity index (χ1) is 12.2. The number of carbonyl (C=O) groups excluding carboxylic acids is 1. The minimum absolute atomic E-state index is 0.0850. The summed E-state index contributed by atoms with van der Waals surface area (Å²) in [5.74, 6) is 0.516. The van der Waals surface area contributed by atoms with Gasteiger partial charge in [-0.1, -0.05) is 44.8 Å². The molecule has 2 bridgehead atoms. The Labute approximate surface area is 150 Å². The summed E-state index contributed by atoms with van der Waals surface area (Å²) in [6.07, 6.45) is 12.4. The quantitative estimate of drug-likeness (QED) is 0.187. The molecule has 1 heterocycles. The molecule has 0 aromatic rings. The second-order valence-corrected chi connectivity index (χ2v) is 7.09. The zero-order chi connectivity index (χ0) is 18.1. The molecule has 0 unspecified atom stereocenters. The molecule has 144 valence electrons. The van der Waals surface area contributed by atoms with Crippen molar-refractivity contribution < 1.29 is 29.5 Å². The fraction of sp³-hybridized carbons (Fsp3) is 0.842. The Morgan fingerprint density at radius 3 is 2.76 bits per heavy atom. The first-order valence-electron chi connectivity index (χ1n) is 9.57. The lowest BCUT2D eigenvalue weighted by molar-refractivity contribution is -0.337. The van der Waals surface area contributed by atoms with Gasteiger partial charge >= 0.3 is 5.97 Å². The molecule has 5 atom stereocenters. The van der Waals surface area contributed by atoms with Gasteiger partial charge in [0.05, 0.1) is 13.2 Å². The van der Waals surface area contributed by atoms with Gasteiger partial charge in [-0.15, -0.1) is 0 Å². The summed E-state index contributed by atoms with van der Waals surface area (Å²) in [7, 11) is 1.42. The van der Waals surface area contributed by atoms with Gasteiger partial charge in [0.25, 0.3) is 0 Å². The lowest BCUT2D eigenvalue weighted by atomic mass is 9.87. The molecule has 25 heavy (non-hydrogen) atoms. The minimum atomic E-state index is -0.258. The van der Waals surface area contributed by atoms with Crippen LogP contribution in [-0.4, -0.2) is 36.6 Å². The smallest absolute Gasteiger partial charge is 0.305 e. The third kappa shape index (κ3) is 6.06. The van der Waals surface area contributed by atoms with Crippen molar-refractivity contribution in [2.24, 2.45) is 11.8 Å². The van der Waals surface area contributed by atoms with Crippen molar-refractivity contribution in [1.29, 1.82) is 0 Å². The molecule has 1 saturated heterocycles. The van der Waals surface area contributed by atoms with E-state index in [1.165, 1.54) is 7.11 Å². The Morgan fingerprint density at radius 1 is 1.24 bits per heavy atom. The van der Waals surface area contributed by atoms with E-state index in [1.807, 2.05) is 6.08 Å². The molecule has 6 nitrogen and oxygen atoms in total. The average Bonchev–Trinajstić information content (AvgIpc) is 3.23. The van der Waals surface area contributed by atoms with E-state index in [1.54, 1.807) is 0 Å². The van der Waals surface area contributed by atoms with Crippen molar-refractivity contribution >= 4 is 5.97 Å². The number of ether oxygens (including phenoxy) is 1. The summed E-state index contributed by atoms with van der Waals surface area (Å²) in [6, 6.07) is 0. The fourth-order valence-electron chi connectivity index (χ4n) is 3.87. The number of esters is 1. The molecule has 2 aliphatic rings. The highest BCUT2D eigenvalue weighted by atomic mass is 17.2. The van der Waals surface area contributed by atoms with Crippen molar-refractivity contribution in [2.75, 3.05) is 7.11 Å². The van der Waals surface area contributed by atoms with Crippen LogP contribution in [-0.2, 0) is 24.2 Å². The Hall–Kier alpha value is -0.950. The summed E-state index contributed by atoms with van der Waals surface area (Å²) < 4.78 is 4.68. The largest absolute Gasteiger partial charge is 0.469 e. The van der Waals surface area contributed by atoms with Crippen LogP contribution in [0.15, 0.2) is 12.2 Å². The number of methoxy groups -OCH3 is 1. The molecular formula is C19H32O6. The summed E-state index contributed by atoms with van der Waals surface area (Å²) in [6.45, 7) is 2.15. The van der Waals surface area contributed by atoms with Crippen LogP contribution in [0.3, 0.4) is 0 Å². The highest BCUT2D eigenvalue weighted by Gasteiger charge is 2.49. The molecule has 0 radical (unpaired) electrons. The number of carbonyl (C=O) groups is 1. The zero-order valence-electron chi connectivity index (χ0n) is 15.4. The first-order valence-corrected chi connectivity index (χ1v) is 9.57. The van der Waals surface area contributed by atoms with Crippen molar-refractivity contribution in [3.8, 4) is 0 Å². The lowest BCUT2D eigenvalue weighted by Crippen LogP contribution is -2.29. The number of rotatable bonds is 12. The summed E-state index contributed by atoms with van der Waals surface area (Å²) in [5, 5.41) is 9.09. The van der Waals surface area contributed by atoms with Gasteiger partial charge in [-0.25, -0.2) is 14.7 Å². The van der Waals surface area contributed by atoms with Gasteiger partial charge in [-0.05, 0) is 25.2 Å². The normalized spacial score (nSPS) is 29.4.